The van der Waals surface area contributed by atoms with Crippen LogP contribution in [0.3, 0.4) is 0 Å². The number of hydrogen-bond acceptors (Lipinski definition) is 4. The van der Waals surface area contributed by atoms with E-state index in [1.807, 2.05) is 0 Å². The second-order valence-electron chi connectivity index (χ2n) is 3.63. The lowest BCUT2D eigenvalue weighted by atomic mass is 10.2. The normalized spacial score (nSPS) is 28.3. The van der Waals surface area contributed by atoms with Crippen molar-refractivity contribution in [3.8, 4) is 0 Å². The zero-order chi connectivity index (χ0) is 11.5. The van der Waals surface area contributed by atoms with Gasteiger partial charge in [0.05, 0.1) is 11.5 Å². The first-order valence-electron chi connectivity index (χ1n) is 4.87. The van der Waals surface area contributed by atoms with E-state index in [2.05, 4.69) is 0 Å². The molecule has 0 atom stereocenters. The summed E-state index contributed by atoms with van der Waals surface area (Å²) in [5.74, 6) is -0.383. The van der Waals surface area contributed by atoms with Crippen molar-refractivity contribution in [1.29, 1.82) is 0 Å². The lowest BCUT2D eigenvalue weighted by Crippen LogP contribution is -2.38. The summed E-state index contributed by atoms with van der Waals surface area (Å²) in [5, 5.41) is 0. The van der Waals surface area contributed by atoms with E-state index in [9.17, 15) is 16.8 Å². The van der Waals surface area contributed by atoms with E-state index < -0.39 is 20.0 Å². The largest absolute Gasteiger partial charge is 0.230 e. The predicted octanol–water partition coefficient (Wildman–Crippen LogP) is -0.00440. The maximum atomic E-state index is 11.5. The maximum absolute atomic E-state index is 11.5. The Bertz CT molecular complexity index is 365. The number of nitrogens with zero attached hydrogens (tertiary/aromatic N) is 1. The molecule has 0 N–H and O–H groups in total. The summed E-state index contributed by atoms with van der Waals surface area (Å²) < 4.78 is 45.9. The van der Waals surface area contributed by atoms with Gasteiger partial charge in [-0.05, 0) is 12.8 Å². The highest BCUT2D eigenvalue weighted by Crippen LogP contribution is 2.14. The highest BCUT2D eigenvalue weighted by atomic mass is 32.3. The Labute approximate surface area is 92.4 Å². The predicted molar refractivity (Wildman–Crippen MR) is 58.3 cm³/mol. The summed E-state index contributed by atoms with van der Waals surface area (Å²) in [7, 11) is -2.55. The molecule has 0 bridgehead atoms. The van der Waals surface area contributed by atoms with Gasteiger partial charge in [-0.1, -0.05) is 19.3 Å². The molecule has 1 rings (SSSR count). The van der Waals surface area contributed by atoms with Gasteiger partial charge in [0.15, 0.2) is 0 Å². The standard InChI is InChI=1S/C7H14BNO4S2/c8-9-14(10,11)6-4-2-1-3-5-7-15(9,12)13/h1-7H2. The van der Waals surface area contributed by atoms with Crippen molar-refractivity contribution >= 4 is 28.0 Å². The first-order chi connectivity index (χ1) is 6.86. The van der Waals surface area contributed by atoms with Gasteiger partial charge < -0.3 is 0 Å². The number of hydrogen-bond donors (Lipinski definition) is 0. The molecule has 5 nitrogen and oxygen atoms in total. The van der Waals surface area contributed by atoms with E-state index in [1.165, 1.54) is 0 Å². The van der Waals surface area contributed by atoms with Crippen molar-refractivity contribution in [3.63, 3.8) is 0 Å². The van der Waals surface area contributed by atoms with Crippen LogP contribution in [0.5, 0.6) is 0 Å². The van der Waals surface area contributed by atoms with Crippen LogP contribution in [0.2, 0.25) is 0 Å². The van der Waals surface area contributed by atoms with Crippen molar-refractivity contribution < 1.29 is 16.8 Å². The van der Waals surface area contributed by atoms with E-state index in [-0.39, 0.29) is 15.1 Å². The van der Waals surface area contributed by atoms with Gasteiger partial charge in [-0.3, -0.25) is 0 Å². The first-order valence-corrected chi connectivity index (χ1v) is 8.09. The van der Waals surface area contributed by atoms with Crippen LogP contribution in [-0.4, -0.2) is 39.9 Å². The molecule has 0 aromatic heterocycles. The molecule has 0 amide bonds. The van der Waals surface area contributed by atoms with Crippen LogP contribution >= 0.6 is 0 Å². The molecule has 0 unspecified atom stereocenters. The molecule has 1 aliphatic heterocycles. The van der Waals surface area contributed by atoms with Gasteiger partial charge in [-0.25, -0.2) is 16.8 Å². The number of rotatable bonds is 0. The van der Waals surface area contributed by atoms with E-state index >= 15 is 0 Å². The molecule has 0 saturated carbocycles. The second kappa shape index (κ2) is 4.84. The molecular formula is C7H14BNO4S2. The molecule has 1 heterocycles. The highest BCUT2D eigenvalue weighted by molar-refractivity contribution is 8.05. The van der Waals surface area contributed by atoms with Gasteiger partial charge >= 0.3 is 0 Å². The molecule has 86 valence electrons. The average molecular weight is 251 g/mol. The fourth-order valence-electron chi connectivity index (χ4n) is 1.45. The smallest absolute Gasteiger partial charge is 0.212 e. The maximum Gasteiger partial charge on any atom is 0.230 e. The lowest BCUT2D eigenvalue weighted by Gasteiger charge is -2.19. The molecular weight excluding hydrogens is 237 g/mol. The third-order valence-corrected chi connectivity index (χ3v) is 6.42. The zero-order valence-corrected chi connectivity index (χ0v) is 10.1. The van der Waals surface area contributed by atoms with Crippen LogP contribution in [0.1, 0.15) is 32.1 Å². The molecule has 1 fully saturated rings. The van der Waals surface area contributed by atoms with Crippen molar-refractivity contribution in [1.82, 2.24) is 3.62 Å². The Morgan fingerprint density at radius 2 is 1.07 bits per heavy atom. The van der Waals surface area contributed by atoms with Gasteiger partial charge in [0.1, 0.15) is 0 Å². The average Bonchev–Trinajstić information content (AvgIpc) is 2.14. The molecule has 2 radical (unpaired) electrons. The zero-order valence-electron chi connectivity index (χ0n) is 8.42. The molecule has 15 heavy (non-hydrogen) atoms. The third-order valence-electron chi connectivity index (χ3n) is 2.35. The lowest BCUT2D eigenvalue weighted by molar-refractivity contribution is 0.539. The molecule has 0 aliphatic carbocycles. The summed E-state index contributed by atoms with van der Waals surface area (Å²) in [4.78, 5) is 0. The fraction of sp³-hybridized carbons (Fsp3) is 1.00. The van der Waals surface area contributed by atoms with Crippen LogP contribution in [0.4, 0.5) is 0 Å². The molecule has 8 heteroatoms. The van der Waals surface area contributed by atoms with Crippen molar-refractivity contribution in [2.24, 2.45) is 0 Å². The quantitative estimate of drug-likeness (QED) is 0.568. The Morgan fingerprint density at radius 3 is 1.47 bits per heavy atom. The summed E-state index contributed by atoms with van der Waals surface area (Å²) in [5.41, 5.74) is 0. The van der Waals surface area contributed by atoms with E-state index in [1.54, 1.807) is 0 Å². The summed E-state index contributed by atoms with van der Waals surface area (Å²) in [6.07, 6.45) is 3.40. The summed E-state index contributed by atoms with van der Waals surface area (Å²) in [6, 6.07) is 0. The minimum absolute atomic E-state index is 0.0469. The van der Waals surface area contributed by atoms with Gasteiger partial charge in [-0.2, -0.15) is 3.62 Å². The van der Waals surface area contributed by atoms with Gasteiger partial charge in [-0.15, -0.1) is 0 Å². The minimum Gasteiger partial charge on any atom is -0.212 e. The van der Waals surface area contributed by atoms with Crippen LogP contribution in [0.15, 0.2) is 0 Å². The Morgan fingerprint density at radius 1 is 0.733 bits per heavy atom. The topological polar surface area (TPSA) is 71.5 Å². The molecule has 1 aliphatic rings. The highest BCUT2D eigenvalue weighted by Gasteiger charge is 2.28. The third kappa shape index (κ3) is 3.46. The van der Waals surface area contributed by atoms with E-state index in [4.69, 9.17) is 7.98 Å². The van der Waals surface area contributed by atoms with Gasteiger partial charge in [0.25, 0.3) is 0 Å². The van der Waals surface area contributed by atoms with Crippen LogP contribution in [0, 0.1) is 0 Å². The monoisotopic (exact) mass is 251 g/mol. The molecule has 0 aromatic carbocycles. The molecule has 0 spiro atoms. The van der Waals surface area contributed by atoms with Gasteiger partial charge in [0.2, 0.25) is 28.0 Å². The van der Waals surface area contributed by atoms with Crippen LogP contribution in [0.25, 0.3) is 0 Å². The van der Waals surface area contributed by atoms with Crippen molar-refractivity contribution in [3.05, 3.63) is 0 Å². The Hall–Kier alpha value is -0.0751. The van der Waals surface area contributed by atoms with Crippen LogP contribution in [-0.2, 0) is 20.0 Å². The summed E-state index contributed by atoms with van der Waals surface area (Å²) in [6.45, 7) is 0. The van der Waals surface area contributed by atoms with E-state index in [0.717, 1.165) is 19.3 Å². The SMILES string of the molecule is [B]N1S(=O)(=O)CCCCCCCS1(=O)=O. The van der Waals surface area contributed by atoms with Crippen molar-refractivity contribution in [2.45, 2.75) is 32.1 Å². The summed E-state index contributed by atoms with van der Waals surface area (Å²) >= 11 is 0. The molecule has 0 aromatic rings. The minimum atomic E-state index is -3.85. The Kier molecular flexibility index (Phi) is 4.19. The van der Waals surface area contributed by atoms with E-state index in [0.29, 0.717) is 12.8 Å². The second-order valence-corrected chi connectivity index (χ2v) is 7.79. The Balaban J connectivity index is 2.92. The van der Waals surface area contributed by atoms with Gasteiger partial charge in [0, 0.05) is 0 Å². The van der Waals surface area contributed by atoms with Crippen LogP contribution < -0.4 is 0 Å². The molecule has 1 saturated heterocycles. The number of sulfonamides is 2. The van der Waals surface area contributed by atoms with Crippen molar-refractivity contribution in [2.75, 3.05) is 11.5 Å². The first kappa shape index (κ1) is 13.0. The fourth-order valence-corrected chi connectivity index (χ4v) is 4.78.